The summed E-state index contributed by atoms with van der Waals surface area (Å²) in [6.07, 6.45) is 2.21. The van der Waals surface area contributed by atoms with Gasteiger partial charge in [0.05, 0.1) is 10.8 Å². The highest BCUT2D eigenvalue weighted by molar-refractivity contribution is 7.89. The van der Waals surface area contributed by atoms with E-state index < -0.39 is 21.9 Å². The van der Waals surface area contributed by atoms with E-state index in [4.69, 9.17) is 5.11 Å². The second-order valence-electron chi connectivity index (χ2n) is 4.76. The second-order valence-corrected chi connectivity index (χ2v) is 6.66. The zero-order valence-corrected chi connectivity index (χ0v) is 11.8. The van der Waals surface area contributed by atoms with Crippen molar-refractivity contribution in [2.45, 2.75) is 17.7 Å². The minimum atomic E-state index is -3.58. The Morgan fingerprint density at radius 3 is 2.45 bits per heavy atom. The lowest BCUT2D eigenvalue weighted by molar-refractivity contribution is -0.142. The molecule has 1 N–H and O–H groups in total. The van der Waals surface area contributed by atoms with E-state index in [1.807, 2.05) is 0 Å². The minimum absolute atomic E-state index is 0.226. The highest BCUT2D eigenvalue weighted by Gasteiger charge is 2.32. The number of hydrogen-bond donors (Lipinski definition) is 1. The Morgan fingerprint density at radius 2 is 1.90 bits per heavy atom. The number of rotatable bonds is 4. The number of carboxylic acid groups (broad SMARTS) is 1. The summed E-state index contributed by atoms with van der Waals surface area (Å²) in [4.78, 5) is 11.1. The molecule has 0 unspecified atom stereocenters. The fourth-order valence-corrected chi connectivity index (χ4v) is 4.04. The van der Waals surface area contributed by atoms with Gasteiger partial charge in [0.25, 0.3) is 0 Å². The van der Waals surface area contributed by atoms with Gasteiger partial charge in [0.15, 0.2) is 0 Å². The van der Waals surface area contributed by atoms with Crippen molar-refractivity contribution in [3.63, 3.8) is 0 Å². The average Bonchev–Trinajstić information content (AvgIpc) is 2.47. The van der Waals surface area contributed by atoms with Crippen molar-refractivity contribution in [3.05, 3.63) is 36.4 Å². The molecular weight excluding hydrogens is 278 g/mol. The van der Waals surface area contributed by atoms with Crippen molar-refractivity contribution < 1.29 is 18.3 Å². The molecule has 0 amide bonds. The van der Waals surface area contributed by atoms with Crippen molar-refractivity contribution in [3.8, 4) is 0 Å². The Bertz CT molecular complexity index is 616. The van der Waals surface area contributed by atoms with E-state index in [2.05, 4.69) is 6.58 Å². The quantitative estimate of drug-likeness (QED) is 0.919. The topological polar surface area (TPSA) is 74.7 Å². The summed E-state index contributed by atoms with van der Waals surface area (Å²) >= 11 is 0. The molecule has 6 heteroatoms. The first-order chi connectivity index (χ1) is 9.46. The predicted molar refractivity (Wildman–Crippen MR) is 75.7 cm³/mol. The van der Waals surface area contributed by atoms with E-state index in [-0.39, 0.29) is 18.0 Å². The number of carbonyl (C=O) groups is 1. The van der Waals surface area contributed by atoms with E-state index in [1.165, 1.54) is 10.4 Å². The Labute approximate surface area is 118 Å². The second kappa shape index (κ2) is 5.76. The van der Waals surface area contributed by atoms with Crippen LogP contribution in [0.5, 0.6) is 0 Å². The van der Waals surface area contributed by atoms with Gasteiger partial charge < -0.3 is 5.11 Å². The van der Waals surface area contributed by atoms with Crippen molar-refractivity contribution in [2.24, 2.45) is 5.92 Å². The fourth-order valence-electron chi connectivity index (χ4n) is 2.37. The van der Waals surface area contributed by atoms with Gasteiger partial charge in [0.1, 0.15) is 0 Å². The monoisotopic (exact) mass is 295 g/mol. The molecule has 0 aromatic heterocycles. The Morgan fingerprint density at radius 1 is 1.30 bits per heavy atom. The van der Waals surface area contributed by atoms with Crippen molar-refractivity contribution in [1.29, 1.82) is 0 Å². The highest BCUT2D eigenvalue weighted by atomic mass is 32.2. The lowest BCUT2D eigenvalue weighted by atomic mass is 9.99. The van der Waals surface area contributed by atoms with Gasteiger partial charge in [-0.2, -0.15) is 4.31 Å². The molecule has 5 nitrogen and oxygen atoms in total. The smallest absolute Gasteiger partial charge is 0.306 e. The van der Waals surface area contributed by atoms with Crippen LogP contribution in [-0.4, -0.2) is 36.9 Å². The molecule has 1 aliphatic heterocycles. The van der Waals surface area contributed by atoms with Crippen LogP contribution in [0.1, 0.15) is 18.4 Å². The van der Waals surface area contributed by atoms with E-state index in [0.717, 1.165) is 0 Å². The van der Waals surface area contributed by atoms with Crippen LogP contribution in [0.3, 0.4) is 0 Å². The lowest BCUT2D eigenvalue weighted by Crippen LogP contribution is -2.40. The van der Waals surface area contributed by atoms with Gasteiger partial charge in [-0.25, -0.2) is 8.42 Å². The molecule has 0 radical (unpaired) electrons. The summed E-state index contributed by atoms with van der Waals surface area (Å²) in [6.45, 7) is 4.11. The summed E-state index contributed by atoms with van der Waals surface area (Å²) in [7, 11) is -3.58. The van der Waals surface area contributed by atoms with Crippen LogP contribution in [0.4, 0.5) is 0 Å². The van der Waals surface area contributed by atoms with Crippen LogP contribution in [0.25, 0.3) is 6.08 Å². The van der Waals surface area contributed by atoms with Crippen molar-refractivity contribution >= 4 is 22.1 Å². The van der Waals surface area contributed by atoms with Gasteiger partial charge in [-0.3, -0.25) is 4.79 Å². The highest BCUT2D eigenvalue weighted by Crippen LogP contribution is 2.26. The Balaban J connectivity index is 2.24. The largest absolute Gasteiger partial charge is 0.481 e. The normalized spacial score (nSPS) is 17.8. The summed E-state index contributed by atoms with van der Waals surface area (Å²) in [5.41, 5.74) is 0.563. The van der Waals surface area contributed by atoms with Gasteiger partial charge in [-0.05, 0) is 24.5 Å². The molecule has 20 heavy (non-hydrogen) atoms. The third-order valence-corrected chi connectivity index (χ3v) is 5.53. The van der Waals surface area contributed by atoms with E-state index >= 15 is 0 Å². The molecule has 1 aromatic carbocycles. The molecule has 1 heterocycles. The molecule has 0 aliphatic carbocycles. The molecule has 1 aromatic rings. The first-order valence-corrected chi connectivity index (χ1v) is 7.85. The minimum Gasteiger partial charge on any atom is -0.481 e. The van der Waals surface area contributed by atoms with E-state index in [9.17, 15) is 13.2 Å². The van der Waals surface area contributed by atoms with Crippen LogP contribution in [0.15, 0.2) is 35.7 Å². The number of aliphatic carboxylic acids is 1. The van der Waals surface area contributed by atoms with Crippen molar-refractivity contribution in [2.75, 3.05) is 13.1 Å². The van der Waals surface area contributed by atoms with Crippen LogP contribution in [0, 0.1) is 5.92 Å². The van der Waals surface area contributed by atoms with E-state index in [0.29, 0.717) is 18.4 Å². The molecule has 1 aliphatic rings. The van der Waals surface area contributed by atoms with Crippen LogP contribution in [0.2, 0.25) is 0 Å². The third kappa shape index (κ3) is 2.76. The number of carboxylic acids is 1. The average molecular weight is 295 g/mol. The maximum atomic E-state index is 12.6. The number of nitrogens with zero attached hydrogens (tertiary/aromatic N) is 1. The first-order valence-electron chi connectivity index (χ1n) is 6.41. The lowest BCUT2D eigenvalue weighted by Gasteiger charge is -2.29. The van der Waals surface area contributed by atoms with Gasteiger partial charge >= 0.3 is 5.97 Å². The van der Waals surface area contributed by atoms with E-state index in [1.54, 1.807) is 24.3 Å². The molecule has 0 atom stereocenters. The van der Waals surface area contributed by atoms with Crippen LogP contribution < -0.4 is 0 Å². The Kier molecular flexibility index (Phi) is 4.25. The van der Waals surface area contributed by atoms with Gasteiger partial charge in [-0.1, -0.05) is 30.9 Å². The SMILES string of the molecule is C=Cc1ccccc1S(=O)(=O)N1CCC(C(=O)O)CC1. The fraction of sp³-hybridized carbons (Fsp3) is 0.357. The van der Waals surface area contributed by atoms with Crippen LogP contribution >= 0.6 is 0 Å². The molecule has 0 spiro atoms. The number of piperidine rings is 1. The Hall–Kier alpha value is -1.66. The number of hydrogen-bond acceptors (Lipinski definition) is 3. The number of sulfonamides is 1. The molecule has 0 saturated carbocycles. The maximum Gasteiger partial charge on any atom is 0.306 e. The molecule has 1 saturated heterocycles. The molecule has 0 bridgehead atoms. The van der Waals surface area contributed by atoms with Gasteiger partial charge in [0.2, 0.25) is 10.0 Å². The zero-order valence-electron chi connectivity index (χ0n) is 11.0. The summed E-state index contributed by atoms with van der Waals surface area (Å²) < 4.78 is 26.5. The molecule has 2 rings (SSSR count). The van der Waals surface area contributed by atoms with Crippen LogP contribution in [-0.2, 0) is 14.8 Å². The zero-order chi connectivity index (χ0) is 14.8. The molecule has 108 valence electrons. The summed E-state index contributed by atoms with van der Waals surface area (Å²) in [5, 5.41) is 8.95. The van der Waals surface area contributed by atoms with Crippen molar-refractivity contribution in [1.82, 2.24) is 4.31 Å². The standard InChI is InChI=1S/C14H17NO4S/c1-2-11-5-3-4-6-13(11)20(18,19)15-9-7-12(8-10-15)14(16)17/h2-6,12H,1,7-10H2,(H,16,17). The van der Waals surface area contributed by atoms with Gasteiger partial charge in [-0.15, -0.1) is 0 Å². The first kappa shape index (κ1) is 14.7. The summed E-state index contributed by atoms with van der Waals surface area (Å²) in [5.74, 6) is -1.30. The maximum absolute atomic E-state index is 12.6. The predicted octanol–water partition coefficient (Wildman–Crippen LogP) is 1.81. The molecular formula is C14H17NO4S. The summed E-state index contributed by atoms with van der Waals surface area (Å²) in [6, 6.07) is 6.68. The number of benzene rings is 1. The van der Waals surface area contributed by atoms with Gasteiger partial charge in [0, 0.05) is 13.1 Å². The third-order valence-electron chi connectivity index (χ3n) is 3.56. The molecule has 1 fully saturated rings.